The summed E-state index contributed by atoms with van der Waals surface area (Å²) in [5.41, 5.74) is 3.84. The van der Waals surface area contributed by atoms with Crippen LogP contribution in [0.4, 0.5) is 0 Å². The van der Waals surface area contributed by atoms with Crippen LogP contribution in [-0.2, 0) is 24.4 Å². The van der Waals surface area contributed by atoms with Gasteiger partial charge in [-0.15, -0.1) is 0 Å². The van der Waals surface area contributed by atoms with Crippen LogP contribution in [0.25, 0.3) is 0 Å². The molecule has 0 saturated heterocycles. The molecule has 0 spiro atoms. The lowest BCUT2D eigenvalue weighted by Gasteiger charge is -2.31. The molecule has 2 aliphatic rings. The average molecular weight is 329 g/mol. The molecule has 4 rings (SSSR count). The molecule has 0 radical (unpaired) electrons. The van der Waals surface area contributed by atoms with Crippen LogP contribution in [0.15, 0.2) is 29.2 Å². The van der Waals surface area contributed by atoms with Gasteiger partial charge in [0.05, 0.1) is 24.8 Å². The van der Waals surface area contributed by atoms with Gasteiger partial charge in [-0.3, -0.25) is 9.58 Å². The maximum atomic E-state index is 5.47. The van der Waals surface area contributed by atoms with Crippen molar-refractivity contribution in [1.29, 1.82) is 0 Å². The Kier molecular flexibility index (Phi) is 4.72. The highest BCUT2D eigenvalue weighted by molar-refractivity contribution is 5.25. The zero-order valence-electron chi connectivity index (χ0n) is 14.5. The quantitative estimate of drug-likeness (QED) is 0.814. The average Bonchev–Trinajstić information content (AvgIpc) is 3.29. The molecule has 1 fully saturated rings. The summed E-state index contributed by atoms with van der Waals surface area (Å²) in [6.45, 7) is 4.69. The summed E-state index contributed by atoms with van der Waals surface area (Å²) in [7, 11) is 1.78. The predicted octanol–water partition coefficient (Wildman–Crippen LogP) is 3.41. The molecule has 0 unspecified atom stereocenters. The second-order valence-corrected chi connectivity index (χ2v) is 7.37. The predicted molar refractivity (Wildman–Crippen MR) is 91.6 cm³/mol. The Hall–Kier alpha value is -1.59. The minimum atomic E-state index is 0.357. The maximum Gasteiger partial charge on any atom is 0.0947 e. The Morgan fingerprint density at radius 1 is 1.33 bits per heavy atom. The molecule has 5 nitrogen and oxygen atoms in total. The van der Waals surface area contributed by atoms with Crippen LogP contribution in [0.1, 0.15) is 48.4 Å². The molecule has 0 N–H and O–H groups in total. The maximum absolute atomic E-state index is 5.47. The third kappa shape index (κ3) is 3.42. The summed E-state index contributed by atoms with van der Waals surface area (Å²) >= 11 is 0. The highest BCUT2D eigenvalue weighted by Crippen LogP contribution is 2.30. The standard InChI is InChI=1S/C19H27N3O2/c1-23-14-18-11-21(8-16-6-7-24-13-16)10-17-12-22(20-19(17)18)9-15-4-2-3-5-15/h6-7,12-13,15,18H,2-5,8-11,14H2,1H3/t18-/m0/s1. The Morgan fingerprint density at radius 2 is 2.21 bits per heavy atom. The first-order valence-corrected chi connectivity index (χ1v) is 9.10. The normalized spacial score (nSPS) is 22.1. The molecular weight excluding hydrogens is 302 g/mol. The molecule has 0 aromatic carbocycles. The van der Waals surface area contributed by atoms with Crippen molar-refractivity contribution >= 4 is 0 Å². The second kappa shape index (κ2) is 7.11. The van der Waals surface area contributed by atoms with Crippen molar-refractivity contribution in [2.75, 3.05) is 20.3 Å². The number of nitrogens with zero attached hydrogens (tertiary/aromatic N) is 3. The Bertz CT molecular complexity index is 644. The molecule has 2 aromatic heterocycles. The van der Waals surface area contributed by atoms with Crippen molar-refractivity contribution in [1.82, 2.24) is 14.7 Å². The molecule has 0 bridgehead atoms. The van der Waals surface area contributed by atoms with Crippen molar-refractivity contribution < 1.29 is 9.15 Å². The molecule has 1 aliphatic carbocycles. The van der Waals surface area contributed by atoms with Gasteiger partial charge in [-0.2, -0.15) is 5.10 Å². The van der Waals surface area contributed by atoms with Gasteiger partial charge in [0, 0.05) is 56.5 Å². The zero-order chi connectivity index (χ0) is 16.4. The molecule has 5 heteroatoms. The number of hydrogen-bond donors (Lipinski definition) is 0. The molecule has 24 heavy (non-hydrogen) atoms. The Morgan fingerprint density at radius 3 is 2.96 bits per heavy atom. The summed E-state index contributed by atoms with van der Waals surface area (Å²) in [5.74, 6) is 1.17. The summed E-state index contributed by atoms with van der Waals surface area (Å²) in [5, 5.41) is 4.94. The van der Waals surface area contributed by atoms with Crippen LogP contribution in [0, 0.1) is 5.92 Å². The smallest absolute Gasteiger partial charge is 0.0947 e. The van der Waals surface area contributed by atoms with E-state index in [9.17, 15) is 0 Å². The van der Waals surface area contributed by atoms with E-state index >= 15 is 0 Å². The van der Waals surface area contributed by atoms with E-state index in [2.05, 4.69) is 15.8 Å². The van der Waals surface area contributed by atoms with Crippen LogP contribution in [0.5, 0.6) is 0 Å². The Balaban J connectivity index is 1.50. The summed E-state index contributed by atoms with van der Waals surface area (Å²) in [6, 6.07) is 2.05. The largest absolute Gasteiger partial charge is 0.472 e. The molecule has 0 amide bonds. The van der Waals surface area contributed by atoms with Crippen molar-refractivity contribution in [3.63, 3.8) is 0 Å². The lowest BCUT2D eigenvalue weighted by molar-refractivity contribution is 0.134. The molecule has 1 atom stereocenters. The number of hydrogen-bond acceptors (Lipinski definition) is 4. The van der Waals surface area contributed by atoms with Gasteiger partial charge in [0.25, 0.3) is 0 Å². The van der Waals surface area contributed by atoms with Gasteiger partial charge in [0.15, 0.2) is 0 Å². The molecule has 1 saturated carbocycles. The van der Waals surface area contributed by atoms with Crippen LogP contribution >= 0.6 is 0 Å². The monoisotopic (exact) mass is 329 g/mol. The third-order valence-electron chi connectivity index (χ3n) is 5.40. The van der Waals surface area contributed by atoms with Crippen molar-refractivity contribution in [2.45, 2.75) is 51.2 Å². The number of furan rings is 1. The van der Waals surface area contributed by atoms with E-state index in [0.717, 1.165) is 38.7 Å². The van der Waals surface area contributed by atoms with Gasteiger partial charge in [-0.05, 0) is 24.8 Å². The number of rotatable bonds is 6. The zero-order valence-corrected chi connectivity index (χ0v) is 14.5. The van der Waals surface area contributed by atoms with E-state index < -0.39 is 0 Å². The fourth-order valence-electron chi connectivity index (χ4n) is 4.29. The SMILES string of the molecule is COC[C@@H]1CN(Cc2ccoc2)Cc2cn(CC3CCCC3)nc21. The van der Waals surface area contributed by atoms with Crippen molar-refractivity contribution in [3.05, 3.63) is 41.6 Å². The van der Waals surface area contributed by atoms with E-state index in [1.807, 2.05) is 12.3 Å². The fraction of sp³-hybridized carbons (Fsp3) is 0.632. The van der Waals surface area contributed by atoms with E-state index in [0.29, 0.717) is 5.92 Å². The Labute approximate surface area is 143 Å². The number of ether oxygens (including phenoxy) is 1. The first-order valence-electron chi connectivity index (χ1n) is 9.10. The van der Waals surface area contributed by atoms with Gasteiger partial charge in [0.2, 0.25) is 0 Å². The molecule has 1 aliphatic heterocycles. The summed E-state index contributed by atoms with van der Waals surface area (Å²) in [6.07, 6.45) is 11.4. The van der Waals surface area contributed by atoms with Gasteiger partial charge in [-0.1, -0.05) is 12.8 Å². The third-order valence-corrected chi connectivity index (χ3v) is 5.40. The first kappa shape index (κ1) is 15.9. The minimum absolute atomic E-state index is 0.357. The van der Waals surface area contributed by atoms with Gasteiger partial charge in [-0.25, -0.2) is 0 Å². The topological polar surface area (TPSA) is 43.4 Å². The van der Waals surface area contributed by atoms with Crippen LogP contribution in [-0.4, -0.2) is 34.9 Å². The minimum Gasteiger partial charge on any atom is -0.472 e. The van der Waals surface area contributed by atoms with Crippen molar-refractivity contribution in [2.24, 2.45) is 5.92 Å². The van der Waals surface area contributed by atoms with Crippen LogP contribution in [0.3, 0.4) is 0 Å². The number of methoxy groups -OCH3 is 1. The fourth-order valence-corrected chi connectivity index (χ4v) is 4.29. The first-order chi connectivity index (χ1) is 11.8. The summed E-state index contributed by atoms with van der Waals surface area (Å²) < 4.78 is 12.9. The highest BCUT2D eigenvalue weighted by atomic mass is 16.5. The molecule has 3 heterocycles. The lowest BCUT2D eigenvalue weighted by atomic mass is 9.97. The van der Waals surface area contributed by atoms with Crippen LogP contribution in [0.2, 0.25) is 0 Å². The van der Waals surface area contributed by atoms with E-state index in [1.54, 1.807) is 13.4 Å². The molecule has 2 aromatic rings. The lowest BCUT2D eigenvalue weighted by Crippen LogP contribution is -2.34. The van der Waals surface area contributed by atoms with Crippen molar-refractivity contribution in [3.8, 4) is 0 Å². The van der Waals surface area contributed by atoms with Crippen LogP contribution < -0.4 is 0 Å². The van der Waals surface area contributed by atoms with E-state index in [4.69, 9.17) is 14.3 Å². The van der Waals surface area contributed by atoms with E-state index in [-0.39, 0.29) is 0 Å². The number of fused-ring (bicyclic) bond motifs is 1. The van der Waals surface area contributed by atoms with E-state index in [1.165, 1.54) is 42.5 Å². The van der Waals surface area contributed by atoms with Gasteiger partial charge < -0.3 is 9.15 Å². The number of aromatic nitrogens is 2. The molecule has 130 valence electrons. The van der Waals surface area contributed by atoms with Gasteiger partial charge in [0.1, 0.15) is 0 Å². The summed E-state index contributed by atoms with van der Waals surface area (Å²) in [4.78, 5) is 2.47. The highest BCUT2D eigenvalue weighted by Gasteiger charge is 2.29. The second-order valence-electron chi connectivity index (χ2n) is 7.37. The van der Waals surface area contributed by atoms with Gasteiger partial charge >= 0.3 is 0 Å². The molecular formula is C19H27N3O2.